The molecule has 2 N–H and O–H groups in total. The van der Waals surface area contributed by atoms with Crippen LogP contribution in [0, 0.1) is 0 Å². The van der Waals surface area contributed by atoms with Crippen LogP contribution in [0.4, 0.5) is 0 Å². The summed E-state index contributed by atoms with van der Waals surface area (Å²) in [5.41, 5.74) is 8.88. The van der Waals surface area contributed by atoms with Gasteiger partial charge in [0, 0.05) is 5.54 Å². The molecule has 3 rings (SSSR count). The molecule has 0 amide bonds. The first-order chi connectivity index (χ1) is 7.73. The molecule has 0 saturated heterocycles. The zero-order valence-electron chi connectivity index (χ0n) is 9.83. The maximum absolute atomic E-state index is 6.33. The Balaban J connectivity index is 1.95. The molecule has 0 heterocycles. The molecule has 2 saturated carbocycles. The van der Waals surface area contributed by atoms with Gasteiger partial charge >= 0.3 is 0 Å². The summed E-state index contributed by atoms with van der Waals surface area (Å²) in [4.78, 5) is 0. The van der Waals surface area contributed by atoms with Crippen molar-refractivity contribution in [3.63, 3.8) is 0 Å². The number of nitrogens with two attached hydrogens (primary N) is 1. The minimum absolute atomic E-state index is 0.0740. The normalized spacial score (nSPS) is 22.6. The summed E-state index contributed by atoms with van der Waals surface area (Å²) in [5, 5.41) is 0. The molecule has 2 heteroatoms. The fraction of sp³-hybridized carbons (Fsp3) is 0.571. The van der Waals surface area contributed by atoms with Crippen LogP contribution in [0.3, 0.4) is 0 Å². The van der Waals surface area contributed by atoms with Gasteiger partial charge in [-0.3, -0.25) is 0 Å². The molecule has 16 heavy (non-hydrogen) atoms. The van der Waals surface area contributed by atoms with Crippen LogP contribution in [-0.2, 0) is 5.54 Å². The molecule has 2 fully saturated rings. The van der Waals surface area contributed by atoms with E-state index >= 15 is 0 Å². The van der Waals surface area contributed by atoms with Crippen LogP contribution in [0.25, 0.3) is 0 Å². The predicted octanol–water partition coefficient (Wildman–Crippen LogP) is 2.91. The molecule has 0 aliphatic heterocycles. The highest BCUT2D eigenvalue weighted by molar-refractivity contribution is 5.44. The van der Waals surface area contributed by atoms with Gasteiger partial charge in [0.05, 0.1) is 7.11 Å². The van der Waals surface area contributed by atoms with Crippen LogP contribution in [0.15, 0.2) is 18.2 Å². The highest BCUT2D eigenvalue weighted by Gasteiger charge is 2.35. The van der Waals surface area contributed by atoms with Crippen molar-refractivity contribution in [2.24, 2.45) is 5.73 Å². The summed E-state index contributed by atoms with van der Waals surface area (Å²) in [6, 6.07) is 6.58. The van der Waals surface area contributed by atoms with E-state index in [1.54, 1.807) is 7.11 Å². The molecule has 0 unspecified atom stereocenters. The van der Waals surface area contributed by atoms with Crippen molar-refractivity contribution >= 4 is 0 Å². The van der Waals surface area contributed by atoms with Crippen LogP contribution in [0.2, 0.25) is 0 Å². The number of hydrogen-bond donors (Lipinski definition) is 1. The van der Waals surface area contributed by atoms with E-state index in [1.165, 1.54) is 30.4 Å². The van der Waals surface area contributed by atoms with Crippen molar-refractivity contribution in [2.45, 2.75) is 43.6 Å². The van der Waals surface area contributed by atoms with Crippen molar-refractivity contribution in [1.29, 1.82) is 0 Å². The van der Waals surface area contributed by atoms with Gasteiger partial charge in [-0.15, -0.1) is 0 Å². The maximum Gasteiger partial charge on any atom is 0.122 e. The quantitative estimate of drug-likeness (QED) is 0.845. The maximum atomic E-state index is 6.33. The summed E-state index contributed by atoms with van der Waals surface area (Å²) in [6.45, 7) is 0. The molecular weight excluding hydrogens is 198 g/mol. The van der Waals surface area contributed by atoms with E-state index in [2.05, 4.69) is 18.2 Å². The molecule has 0 bridgehead atoms. The second-order valence-electron chi connectivity index (χ2n) is 5.24. The zero-order chi connectivity index (χ0) is 11.2. The average Bonchev–Trinajstić information content (AvgIpc) is 3.09. The lowest BCUT2D eigenvalue weighted by Gasteiger charge is -2.38. The van der Waals surface area contributed by atoms with Gasteiger partial charge < -0.3 is 10.5 Å². The van der Waals surface area contributed by atoms with E-state index in [0.717, 1.165) is 24.5 Å². The summed E-state index contributed by atoms with van der Waals surface area (Å²) in [5.74, 6) is 1.77. The van der Waals surface area contributed by atoms with Crippen molar-refractivity contribution in [2.75, 3.05) is 7.11 Å². The lowest BCUT2D eigenvalue weighted by molar-refractivity contribution is 0.252. The van der Waals surface area contributed by atoms with E-state index in [0.29, 0.717) is 0 Å². The first kappa shape index (κ1) is 10.2. The van der Waals surface area contributed by atoms with Gasteiger partial charge in [-0.1, -0.05) is 12.1 Å². The van der Waals surface area contributed by atoms with Gasteiger partial charge in [0.25, 0.3) is 0 Å². The van der Waals surface area contributed by atoms with E-state index < -0.39 is 0 Å². The molecular formula is C14H19NO. The Morgan fingerprint density at radius 1 is 1.31 bits per heavy atom. The molecule has 2 aliphatic rings. The van der Waals surface area contributed by atoms with Crippen LogP contribution in [0.5, 0.6) is 5.75 Å². The number of methoxy groups -OCH3 is 1. The standard InChI is InChI=1S/C14H19NO/c1-16-13-9-11(14(15)7-2-8-14)5-6-12(13)10-3-4-10/h5-6,9-10H,2-4,7-8,15H2,1H3. The van der Waals surface area contributed by atoms with Crippen molar-refractivity contribution in [1.82, 2.24) is 0 Å². The van der Waals surface area contributed by atoms with Gasteiger partial charge in [-0.2, -0.15) is 0 Å². The molecule has 1 aromatic rings. The summed E-state index contributed by atoms with van der Waals surface area (Å²) in [7, 11) is 1.76. The molecule has 0 radical (unpaired) electrons. The SMILES string of the molecule is COc1cc(C2(N)CCC2)ccc1C1CC1. The third-order valence-corrected chi connectivity index (χ3v) is 4.07. The van der Waals surface area contributed by atoms with E-state index in [4.69, 9.17) is 10.5 Å². The summed E-state index contributed by atoms with van der Waals surface area (Å²) in [6.07, 6.45) is 6.09. The monoisotopic (exact) mass is 217 g/mol. The lowest BCUT2D eigenvalue weighted by atomic mass is 9.72. The Hall–Kier alpha value is -1.02. The lowest BCUT2D eigenvalue weighted by Crippen LogP contribution is -2.43. The van der Waals surface area contributed by atoms with Crippen LogP contribution >= 0.6 is 0 Å². The molecule has 86 valence electrons. The van der Waals surface area contributed by atoms with E-state index in [1.807, 2.05) is 0 Å². The number of rotatable bonds is 3. The highest BCUT2D eigenvalue weighted by atomic mass is 16.5. The van der Waals surface area contributed by atoms with Gasteiger partial charge in [-0.05, 0) is 55.2 Å². The Labute approximate surface area is 96.8 Å². The first-order valence-electron chi connectivity index (χ1n) is 6.20. The molecule has 0 atom stereocenters. The van der Waals surface area contributed by atoms with Crippen LogP contribution in [0.1, 0.15) is 49.1 Å². The zero-order valence-corrected chi connectivity index (χ0v) is 9.83. The highest BCUT2D eigenvalue weighted by Crippen LogP contribution is 2.46. The number of benzene rings is 1. The average molecular weight is 217 g/mol. The largest absolute Gasteiger partial charge is 0.496 e. The minimum atomic E-state index is -0.0740. The fourth-order valence-electron chi connectivity index (χ4n) is 2.60. The Bertz CT molecular complexity index is 405. The fourth-order valence-corrected chi connectivity index (χ4v) is 2.60. The summed E-state index contributed by atoms with van der Waals surface area (Å²) >= 11 is 0. The van der Waals surface area contributed by atoms with Gasteiger partial charge in [0.2, 0.25) is 0 Å². The molecule has 0 spiro atoms. The van der Waals surface area contributed by atoms with Crippen molar-refractivity contribution in [3.8, 4) is 5.75 Å². The van der Waals surface area contributed by atoms with Gasteiger partial charge in [0.1, 0.15) is 5.75 Å². The Kier molecular flexibility index (Phi) is 2.21. The van der Waals surface area contributed by atoms with Crippen LogP contribution in [-0.4, -0.2) is 7.11 Å². The minimum Gasteiger partial charge on any atom is -0.496 e. The summed E-state index contributed by atoms with van der Waals surface area (Å²) < 4.78 is 5.50. The van der Waals surface area contributed by atoms with Crippen molar-refractivity contribution in [3.05, 3.63) is 29.3 Å². The van der Waals surface area contributed by atoms with E-state index in [-0.39, 0.29) is 5.54 Å². The second-order valence-corrected chi connectivity index (χ2v) is 5.24. The third kappa shape index (κ3) is 1.52. The molecule has 0 aromatic heterocycles. The predicted molar refractivity (Wildman–Crippen MR) is 64.7 cm³/mol. The second kappa shape index (κ2) is 3.49. The van der Waals surface area contributed by atoms with E-state index in [9.17, 15) is 0 Å². The molecule has 1 aromatic carbocycles. The van der Waals surface area contributed by atoms with Crippen molar-refractivity contribution < 1.29 is 4.74 Å². The third-order valence-electron chi connectivity index (χ3n) is 4.07. The van der Waals surface area contributed by atoms with Gasteiger partial charge in [0.15, 0.2) is 0 Å². The molecule has 2 nitrogen and oxygen atoms in total. The Morgan fingerprint density at radius 3 is 2.56 bits per heavy atom. The number of hydrogen-bond acceptors (Lipinski definition) is 2. The topological polar surface area (TPSA) is 35.2 Å². The molecule has 2 aliphatic carbocycles. The first-order valence-corrected chi connectivity index (χ1v) is 6.20. The van der Waals surface area contributed by atoms with Crippen LogP contribution < -0.4 is 10.5 Å². The number of ether oxygens (including phenoxy) is 1. The van der Waals surface area contributed by atoms with Gasteiger partial charge in [-0.25, -0.2) is 0 Å². The Morgan fingerprint density at radius 2 is 2.06 bits per heavy atom. The smallest absolute Gasteiger partial charge is 0.122 e.